The van der Waals surface area contributed by atoms with Gasteiger partial charge in [-0.2, -0.15) is 0 Å². The van der Waals surface area contributed by atoms with Gasteiger partial charge >= 0.3 is 0 Å². The summed E-state index contributed by atoms with van der Waals surface area (Å²) in [6.45, 7) is 4.94. The van der Waals surface area contributed by atoms with Crippen LogP contribution in [-0.2, 0) is 15.0 Å². The molecule has 10 heteroatoms. The number of aromatic amines is 1. The molecule has 0 radical (unpaired) electrons. The largest absolute Gasteiger partial charge is 0.368 e. The molecule has 4 heterocycles. The van der Waals surface area contributed by atoms with Gasteiger partial charge in [-0.05, 0) is 43.7 Å². The van der Waals surface area contributed by atoms with Gasteiger partial charge in [0.2, 0.25) is 11.8 Å². The zero-order chi connectivity index (χ0) is 30.5. The Kier molecular flexibility index (Phi) is 8.58. The van der Waals surface area contributed by atoms with Crippen molar-refractivity contribution in [1.82, 2.24) is 30.1 Å². The van der Waals surface area contributed by atoms with Gasteiger partial charge in [-0.25, -0.2) is 9.97 Å². The Hall–Kier alpha value is -4.73. The number of fused-ring (bicyclic) bond motifs is 1. The molecule has 2 aliphatic heterocycles. The van der Waals surface area contributed by atoms with Gasteiger partial charge in [0.25, 0.3) is 5.91 Å². The maximum absolute atomic E-state index is 14.0. The number of H-pyrrole nitrogens is 1. The number of carbonyl (C=O) groups is 3. The summed E-state index contributed by atoms with van der Waals surface area (Å²) in [4.78, 5) is 55.9. The van der Waals surface area contributed by atoms with Crippen molar-refractivity contribution in [2.75, 3.05) is 44.6 Å². The van der Waals surface area contributed by atoms with Crippen molar-refractivity contribution in [3.05, 3.63) is 78.0 Å². The van der Waals surface area contributed by atoms with E-state index >= 15 is 0 Å². The second kappa shape index (κ2) is 12.9. The van der Waals surface area contributed by atoms with Crippen molar-refractivity contribution in [2.24, 2.45) is 0 Å². The van der Waals surface area contributed by atoms with Crippen molar-refractivity contribution in [1.29, 1.82) is 0 Å². The Morgan fingerprint density at radius 2 is 1.52 bits per heavy atom. The summed E-state index contributed by atoms with van der Waals surface area (Å²) in [6.07, 6.45) is 4.40. The molecule has 0 saturated carbocycles. The summed E-state index contributed by atoms with van der Waals surface area (Å²) in [5, 5.41) is 6.79. The third-order valence-corrected chi connectivity index (χ3v) is 8.82. The van der Waals surface area contributed by atoms with E-state index < -0.39 is 5.41 Å². The first-order chi connectivity index (χ1) is 21.4. The van der Waals surface area contributed by atoms with Crippen molar-refractivity contribution in [2.45, 2.75) is 44.4 Å². The van der Waals surface area contributed by atoms with Gasteiger partial charge in [0, 0.05) is 51.8 Å². The van der Waals surface area contributed by atoms with Gasteiger partial charge in [-0.3, -0.25) is 14.4 Å². The van der Waals surface area contributed by atoms with E-state index in [2.05, 4.69) is 27.8 Å². The van der Waals surface area contributed by atoms with Crippen LogP contribution in [0.15, 0.2) is 66.7 Å². The average molecular weight is 594 g/mol. The normalized spacial score (nSPS) is 16.5. The first kappa shape index (κ1) is 29.3. The second-order valence-corrected chi connectivity index (χ2v) is 11.7. The summed E-state index contributed by atoms with van der Waals surface area (Å²) >= 11 is 0. The van der Waals surface area contributed by atoms with E-state index in [9.17, 15) is 14.4 Å². The fraction of sp³-hybridized carbons (Fsp3) is 0.382. The Balaban J connectivity index is 1.25. The lowest BCUT2D eigenvalue weighted by atomic mass is 9.71. The van der Waals surface area contributed by atoms with Crippen molar-refractivity contribution in [3.63, 3.8) is 0 Å². The highest BCUT2D eigenvalue weighted by molar-refractivity contribution is 6.00. The molecule has 4 aromatic rings. The Morgan fingerprint density at radius 3 is 2.20 bits per heavy atom. The number of nitrogens with one attached hydrogen (secondary N) is 3. The molecule has 3 N–H and O–H groups in total. The average Bonchev–Trinajstić information content (AvgIpc) is 3.52. The zero-order valence-electron chi connectivity index (χ0n) is 25.1. The highest BCUT2D eigenvalue weighted by atomic mass is 16.2. The number of rotatable bonds is 8. The molecule has 2 aliphatic rings. The number of anilines is 1. The highest BCUT2D eigenvalue weighted by Gasteiger charge is 2.46. The van der Waals surface area contributed by atoms with Crippen molar-refractivity contribution >= 4 is 34.6 Å². The second-order valence-electron chi connectivity index (χ2n) is 11.7. The molecule has 3 amide bonds. The number of benzene rings is 2. The van der Waals surface area contributed by atoms with E-state index in [0.29, 0.717) is 67.4 Å². The molecule has 2 saturated heterocycles. The van der Waals surface area contributed by atoms with E-state index in [1.165, 1.54) is 13.3 Å². The van der Waals surface area contributed by atoms with Gasteiger partial charge in [-0.15, -0.1) is 0 Å². The van der Waals surface area contributed by atoms with E-state index in [1.54, 1.807) is 6.07 Å². The van der Waals surface area contributed by atoms with Gasteiger partial charge < -0.3 is 25.4 Å². The molecule has 0 unspecified atom stereocenters. The van der Waals surface area contributed by atoms with Crippen molar-refractivity contribution < 1.29 is 14.4 Å². The maximum Gasteiger partial charge on any atom is 0.270 e. The van der Waals surface area contributed by atoms with Gasteiger partial charge in [0.15, 0.2) is 5.82 Å². The van der Waals surface area contributed by atoms with E-state index in [-0.39, 0.29) is 17.7 Å². The monoisotopic (exact) mass is 593 g/mol. The molecule has 0 bridgehead atoms. The molecule has 0 atom stereocenters. The smallest absolute Gasteiger partial charge is 0.270 e. The molecule has 2 aromatic carbocycles. The molecule has 44 heavy (non-hydrogen) atoms. The molecule has 0 spiro atoms. The quantitative estimate of drug-likeness (QED) is 0.261. The van der Waals surface area contributed by atoms with E-state index in [0.717, 1.165) is 37.1 Å². The molecule has 10 nitrogen and oxygen atoms in total. The summed E-state index contributed by atoms with van der Waals surface area (Å²) < 4.78 is 0. The fourth-order valence-corrected chi connectivity index (χ4v) is 6.44. The van der Waals surface area contributed by atoms with Crippen LogP contribution in [0, 0.1) is 0 Å². The summed E-state index contributed by atoms with van der Waals surface area (Å²) in [6, 6.07) is 21.6. The van der Waals surface area contributed by atoms with Gasteiger partial charge in [-0.1, -0.05) is 60.7 Å². The van der Waals surface area contributed by atoms with Gasteiger partial charge in [0.05, 0.1) is 10.8 Å². The Labute approximate surface area is 257 Å². The number of hydrogen-bond donors (Lipinski definition) is 3. The first-order valence-corrected chi connectivity index (χ1v) is 15.5. The minimum Gasteiger partial charge on any atom is -0.368 e. The van der Waals surface area contributed by atoms with Crippen LogP contribution in [0.1, 0.15) is 55.1 Å². The maximum atomic E-state index is 14.0. The number of likely N-dealkylation sites (tertiary alicyclic amines) is 2. The minimum atomic E-state index is -0.628. The van der Waals surface area contributed by atoms with E-state index in [1.807, 2.05) is 58.3 Å². The molecule has 0 aliphatic carbocycles. The van der Waals surface area contributed by atoms with E-state index in [4.69, 9.17) is 9.97 Å². The Bertz CT molecular complexity index is 1620. The zero-order valence-corrected chi connectivity index (χ0v) is 25.1. The molecular formula is C34H39N7O3. The first-order valence-electron chi connectivity index (χ1n) is 15.5. The summed E-state index contributed by atoms with van der Waals surface area (Å²) in [5.41, 5.74) is 2.25. The van der Waals surface area contributed by atoms with Crippen LogP contribution in [-0.4, -0.2) is 81.7 Å². The third kappa shape index (κ3) is 6.02. The van der Waals surface area contributed by atoms with Crippen LogP contribution in [0.2, 0.25) is 0 Å². The number of aromatic nitrogens is 3. The fourth-order valence-electron chi connectivity index (χ4n) is 6.44. The minimum absolute atomic E-state index is 0.102. The number of carbonyl (C=O) groups excluding carboxylic acids is 3. The standard InChI is InChI=1S/C34H39N7O3/c1-24(42)35-17-18-36-30-27-23-28(37-31(27)39-29(38-30)25-11-5-2-6-12-25)32(43)40-21-15-34(16-22-40,26-13-7-3-8-14-26)33(44)41-19-9-4-10-20-41/h2-3,5-8,11-14,23H,4,9-10,15-22H2,1H3,(H,35,42)(H2,36,37,38,39). The Morgan fingerprint density at radius 1 is 0.841 bits per heavy atom. The third-order valence-electron chi connectivity index (χ3n) is 8.82. The summed E-state index contributed by atoms with van der Waals surface area (Å²) in [7, 11) is 0. The predicted molar refractivity (Wildman–Crippen MR) is 170 cm³/mol. The van der Waals surface area contributed by atoms with Crippen LogP contribution in [0.3, 0.4) is 0 Å². The lowest BCUT2D eigenvalue weighted by Gasteiger charge is -2.44. The molecule has 2 fully saturated rings. The topological polar surface area (TPSA) is 123 Å². The number of piperidine rings is 2. The molecule has 228 valence electrons. The lowest BCUT2D eigenvalue weighted by molar-refractivity contribution is -0.140. The predicted octanol–water partition coefficient (Wildman–Crippen LogP) is 4.36. The molecule has 6 rings (SSSR count). The van der Waals surface area contributed by atoms with Crippen molar-refractivity contribution in [3.8, 4) is 11.4 Å². The number of nitrogens with zero attached hydrogens (tertiary/aromatic N) is 4. The molecular weight excluding hydrogens is 554 g/mol. The lowest BCUT2D eigenvalue weighted by Crippen LogP contribution is -2.54. The van der Waals surface area contributed by atoms with Crippen LogP contribution >= 0.6 is 0 Å². The van der Waals surface area contributed by atoms with Gasteiger partial charge in [0.1, 0.15) is 17.2 Å². The summed E-state index contributed by atoms with van der Waals surface area (Å²) in [5.74, 6) is 1.08. The van der Waals surface area contributed by atoms with Crippen LogP contribution in [0.4, 0.5) is 5.82 Å². The highest BCUT2D eigenvalue weighted by Crippen LogP contribution is 2.39. The SMILES string of the molecule is CC(=O)NCCNc1nc(-c2ccccc2)nc2[nH]c(C(=O)N3CCC(C(=O)N4CCCCC4)(c4ccccc4)CC3)cc12. The van der Waals surface area contributed by atoms with Crippen LogP contribution < -0.4 is 10.6 Å². The molecule has 2 aromatic heterocycles. The number of amides is 3. The van der Waals surface area contributed by atoms with Crippen LogP contribution in [0.5, 0.6) is 0 Å². The number of hydrogen-bond acceptors (Lipinski definition) is 6. The van der Waals surface area contributed by atoms with Crippen LogP contribution in [0.25, 0.3) is 22.4 Å².